The van der Waals surface area contributed by atoms with Crippen LogP contribution in [0.25, 0.3) is 0 Å². The molecule has 0 aromatic rings. The lowest BCUT2D eigenvalue weighted by molar-refractivity contribution is -0.120. The van der Waals surface area contributed by atoms with Gasteiger partial charge in [0.25, 0.3) is 5.91 Å². The maximum atomic E-state index is 12.2. The summed E-state index contributed by atoms with van der Waals surface area (Å²) in [7, 11) is 0. The second-order valence-corrected chi connectivity index (χ2v) is 6.98. The fourth-order valence-electron chi connectivity index (χ4n) is 2.54. The standard InChI is InChI=1S/C22H31NO2/c1-6-17(4)11-9-12-18(5)10-7-8-13-21(24)20-15-19(14-16(2)3)23-22(20)25/h6,8-11,13,15-16,19H,7,12,14H2,1-5H3,(H,23,25)/b11-9+,13-8-,17-6+,18-10-/t19-/m0/s1. The molecule has 0 aromatic heterocycles. The molecule has 0 fully saturated rings. The number of nitrogens with one attached hydrogen (secondary N) is 1. The number of hydrogen-bond acceptors (Lipinski definition) is 2. The van der Waals surface area contributed by atoms with E-state index in [4.69, 9.17) is 0 Å². The molecule has 0 aliphatic carbocycles. The van der Waals surface area contributed by atoms with E-state index in [2.05, 4.69) is 57.3 Å². The minimum Gasteiger partial charge on any atom is -0.346 e. The molecule has 1 rings (SSSR count). The van der Waals surface area contributed by atoms with E-state index >= 15 is 0 Å². The number of carbonyl (C=O) groups is 2. The molecular weight excluding hydrogens is 310 g/mol. The molecule has 3 heteroatoms. The molecule has 1 aliphatic rings. The van der Waals surface area contributed by atoms with Gasteiger partial charge in [0.2, 0.25) is 0 Å². The molecule has 3 nitrogen and oxygen atoms in total. The van der Waals surface area contributed by atoms with Crippen LogP contribution in [0.3, 0.4) is 0 Å². The topological polar surface area (TPSA) is 46.2 Å². The fourth-order valence-corrected chi connectivity index (χ4v) is 2.54. The SMILES string of the molecule is C/C=C(C)/C=C/C/C(C)=C\C/C=C\C(=O)C1=C[C@H](CC(C)C)NC1=O. The first kappa shape index (κ1) is 20.9. The second-order valence-electron chi connectivity index (χ2n) is 6.98. The Kier molecular flexibility index (Phi) is 8.90. The lowest BCUT2D eigenvalue weighted by atomic mass is 10.0. The zero-order chi connectivity index (χ0) is 18.8. The average molecular weight is 341 g/mol. The third-order valence-electron chi connectivity index (χ3n) is 4.07. The van der Waals surface area contributed by atoms with Gasteiger partial charge in [-0.2, -0.15) is 0 Å². The number of amides is 1. The van der Waals surface area contributed by atoms with Crippen LogP contribution in [0.2, 0.25) is 0 Å². The Labute approximate surface area is 152 Å². The van der Waals surface area contributed by atoms with Gasteiger partial charge in [-0.05, 0) is 58.1 Å². The lowest BCUT2D eigenvalue weighted by Gasteiger charge is -2.10. The molecule has 0 saturated carbocycles. The third kappa shape index (κ3) is 7.97. The predicted octanol–water partition coefficient (Wildman–Crippen LogP) is 4.83. The van der Waals surface area contributed by atoms with Gasteiger partial charge >= 0.3 is 0 Å². The maximum absolute atomic E-state index is 12.2. The predicted molar refractivity (Wildman–Crippen MR) is 105 cm³/mol. The van der Waals surface area contributed by atoms with E-state index in [1.165, 1.54) is 17.2 Å². The Morgan fingerprint density at radius 3 is 2.60 bits per heavy atom. The molecule has 0 radical (unpaired) electrons. The summed E-state index contributed by atoms with van der Waals surface area (Å²) in [6.07, 6.45) is 16.0. The van der Waals surface area contributed by atoms with E-state index in [-0.39, 0.29) is 23.3 Å². The second kappa shape index (κ2) is 10.7. The summed E-state index contributed by atoms with van der Waals surface area (Å²) in [5.74, 6) is 0.0141. The van der Waals surface area contributed by atoms with Crippen LogP contribution < -0.4 is 5.32 Å². The molecule has 25 heavy (non-hydrogen) atoms. The van der Waals surface area contributed by atoms with E-state index in [0.717, 1.165) is 12.8 Å². The number of allylic oxidation sites excluding steroid dienone is 8. The average Bonchev–Trinajstić information content (AvgIpc) is 2.90. The maximum Gasteiger partial charge on any atom is 0.255 e. The molecule has 0 saturated heterocycles. The van der Waals surface area contributed by atoms with Gasteiger partial charge in [-0.1, -0.05) is 55.4 Å². The molecule has 0 unspecified atom stereocenters. The minimum atomic E-state index is -0.253. The van der Waals surface area contributed by atoms with Crippen molar-refractivity contribution in [2.24, 2.45) is 5.92 Å². The Balaban J connectivity index is 2.50. The van der Waals surface area contributed by atoms with Gasteiger partial charge in [0.1, 0.15) is 0 Å². The quantitative estimate of drug-likeness (QED) is 0.282. The Morgan fingerprint density at radius 1 is 1.24 bits per heavy atom. The summed E-state index contributed by atoms with van der Waals surface area (Å²) in [5.41, 5.74) is 2.77. The van der Waals surface area contributed by atoms with Crippen molar-refractivity contribution >= 4 is 11.7 Å². The van der Waals surface area contributed by atoms with Crippen molar-refractivity contribution in [2.45, 2.75) is 59.9 Å². The van der Waals surface area contributed by atoms with Gasteiger partial charge in [-0.3, -0.25) is 9.59 Å². The highest BCUT2D eigenvalue weighted by molar-refractivity contribution is 6.24. The van der Waals surface area contributed by atoms with Gasteiger partial charge in [-0.15, -0.1) is 0 Å². The van der Waals surface area contributed by atoms with Crippen LogP contribution in [0.1, 0.15) is 53.9 Å². The first-order valence-electron chi connectivity index (χ1n) is 9.02. The number of rotatable bonds is 9. The molecule has 1 heterocycles. The number of hydrogen-bond donors (Lipinski definition) is 1. The van der Waals surface area contributed by atoms with E-state index < -0.39 is 0 Å². The highest BCUT2D eigenvalue weighted by Crippen LogP contribution is 2.15. The van der Waals surface area contributed by atoms with Gasteiger partial charge in [0.15, 0.2) is 5.78 Å². The van der Waals surface area contributed by atoms with Crippen molar-refractivity contribution in [3.8, 4) is 0 Å². The summed E-state index contributed by atoms with van der Waals surface area (Å²) in [6.45, 7) is 10.4. The molecular formula is C22H31NO2. The zero-order valence-electron chi connectivity index (χ0n) is 16.1. The van der Waals surface area contributed by atoms with Crippen molar-refractivity contribution < 1.29 is 9.59 Å². The van der Waals surface area contributed by atoms with Crippen LogP contribution in [0.15, 0.2) is 59.3 Å². The van der Waals surface area contributed by atoms with Crippen LogP contribution in [-0.2, 0) is 9.59 Å². The third-order valence-corrected chi connectivity index (χ3v) is 4.07. The van der Waals surface area contributed by atoms with Crippen LogP contribution in [0, 0.1) is 5.92 Å². The molecule has 1 N–H and O–H groups in total. The van der Waals surface area contributed by atoms with Crippen LogP contribution >= 0.6 is 0 Å². The highest BCUT2D eigenvalue weighted by Gasteiger charge is 2.26. The van der Waals surface area contributed by atoms with E-state index in [9.17, 15) is 9.59 Å². The van der Waals surface area contributed by atoms with Gasteiger partial charge in [0.05, 0.1) is 5.57 Å². The number of ketones is 1. The Hall–Kier alpha value is -2.16. The molecule has 0 bridgehead atoms. The summed E-state index contributed by atoms with van der Waals surface area (Å²) in [4.78, 5) is 24.0. The van der Waals surface area contributed by atoms with E-state index in [1.807, 2.05) is 13.0 Å². The summed E-state index contributed by atoms with van der Waals surface area (Å²) < 4.78 is 0. The molecule has 0 aromatic carbocycles. The van der Waals surface area contributed by atoms with Crippen molar-refractivity contribution in [3.63, 3.8) is 0 Å². The first-order valence-corrected chi connectivity index (χ1v) is 9.02. The fraction of sp³-hybridized carbons (Fsp3) is 0.455. The van der Waals surface area contributed by atoms with Gasteiger partial charge in [-0.25, -0.2) is 0 Å². The smallest absolute Gasteiger partial charge is 0.255 e. The Bertz CT molecular complexity index is 630. The summed E-state index contributed by atoms with van der Waals surface area (Å²) in [6, 6.07) is -0.0191. The van der Waals surface area contributed by atoms with Crippen molar-refractivity contribution in [1.29, 1.82) is 0 Å². The highest BCUT2D eigenvalue weighted by atomic mass is 16.2. The molecule has 1 atom stereocenters. The Morgan fingerprint density at radius 2 is 1.96 bits per heavy atom. The van der Waals surface area contributed by atoms with Crippen LogP contribution in [0.5, 0.6) is 0 Å². The van der Waals surface area contributed by atoms with Gasteiger partial charge < -0.3 is 5.32 Å². The monoisotopic (exact) mass is 341 g/mol. The molecule has 1 amide bonds. The number of carbonyl (C=O) groups excluding carboxylic acids is 2. The first-order chi connectivity index (χ1) is 11.8. The summed E-state index contributed by atoms with van der Waals surface area (Å²) >= 11 is 0. The van der Waals surface area contributed by atoms with Gasteiger partial charge in [0, 0.05) is 6.04 Å². The molecule has 136 valence electrons. The lowest BCUT2D eigenvalue weighted by Crippen LogP contribution is -2.29. The molecule has 1 aliphatic heterocycles. The van der Waals surface area contributed by atoms with Crippen molar-refractivity contribution in [3.05, 3.63) is 59.3 Å². The zero-order valence-corrected chi connectivity index (χ0v) is 16.1. The normalized spacial score (nSPS) is 19.2. The summed E-state index contributed by atoms with van der Waals surface area (Å²) in [5, 5.41) is 2.85. The van der Waals surface area contributed by atoms with Crippen LogP contribution in [-0.4, -0.2) is 17.7 Å². The molecule has 0 spiro atoms. The minimum absolute atomic E-state index is 0.0191. The van der Waals surface area contributed by atoms with E-state index in [0.29, 0.717) is 12.3 Å². The van der Waals surface area contributed by atoms with Crippen LogP contribution in [0.4, 0.5) is 0 Å². The largest absolute Gasteiger partial charge is 0.346 e. The van der Waals surface area contributed by atoms with Crippen molar-refractivity contribution in [1.82, 2.24) is 5.32 Å². The van der Waals surface area contributed by atoms with E-state index in [1.54, 1.807) is 6.08 Å². The van der Waals surface area contributed by atoms with Crippen molar-refractivity contribution in [2.75, 3.05) is 0 Å².